The van der Waals surface area contributed by atoms with Gasteiger partial charge in [0.05, 0.1) is 6.20 Å². The standard InChI is InChI=1S/C6H4Cl3N3O/c7-1-4(13)12-6-5(9)11-3(8)2-10-6/h2H,1H2,(H,10,12,13). The smallest absolute Gasteiger partial charge is 0.240 e. The predicted octanol–water partition coefficient (Wildman–Crippen LogP) is 1.96. The highest BCUT2D eigenvalue weighted by Crippen LogP contribution is 2.17. The number of hydrogen-bond donors (Lipinski definition) is 1. The van der Waals surface area contributed by atoms with Gasteiger partial charge in [0.25, 0.3) is 0 Å². The van der Waals surface area contributed by atoms with Crippen LogP contribution in [0, 0.1) is 0 Å². The fourth-order valence-corrected chi connectivity index (χ4v) is 1.03. The summed E-state index contributed by atoms with van der Waals surface area (Å²) in [5.41, 5.74) is 0. The molecule has 7 heteroatoms. The van der Waals surface area contributed by atoms with Crippen molar-refractivity contribution in [2.24, 2.45) is 0 Å². The summed E-state index contributed by atoms with van der Waals surface area (Å²) in [6.45, 7) is 0. The third-order valence-electron chi connectivity index (χ3n) is 1.08. The molecule has 0 saturated heterocycles. The van der Waals surface area contributed by atoms with Crippen molar-refractivity contribution in [1.82, 2.24) is 9.97 Å². The number of rotatable bonds is 2. The third-order valence-corrected chi connectivity index (χ3v) is 1.77. The highest BCUT2D eigenvalue weighted by molar-refractivity contribution is 6.34. The lowest BCUT2D eigenvalue weighted by atomic mass is 10.6. The fraction of sp³-hybridized carbons (Fsp3) is 0.167. The minimum absolute atomic E-state index is 0.0333. The van der Waals surface area contributed by atoms with Gasteiger partial charge in [-0.2, -0.15) is 0 Å². The van der Waals surface area contributed by atoms with Gasteiger partial charge in [-0.25, -0.2) is 9.97 Å². The molecule has 0 aromatic carbocycles. The first-order chi connectivity index (χ1) is 6.13. The van der Waals surface area contributed by atoms with Crippen molar-refractivity contribution in [1.29, 1.82) is 0 Å². The van der Waals surface area contributed by atoms with Crippen LogP contribution in [0.15, 0.2) is 6.20 Å². The van der Waals surface area contributed by atoms with Gasteiger partial charge in [0.15, 0.2) is 11.0 Å². The van der Waals surface area contributed by atoms with E-state index >= 15 is 0 Å². The number of halogens is 3. The van der Waals surface area contributed by atoms with Crippen LogP contribution in [0.25, 0.3) is 0 Å². The zero-order valence-corrected chi connectivity index (χ0v) is 8.49. The number of nitrogens with one attached hydrogen (secondary N) is 1. The lowest BCUT2D eigenvalue weighted by Crippen LogP contribution is -2.14. The number of carbonyl (C=O) groups excluding carboxylic acids is 1. The Morgan fingerprint density at radius 3 is 2.77 bits per heavy atom. The molecular formula is C6H4Cl3N3O. The molecule has 1 aromatic rings. The highest BCUT2D eigenvalue weighted by atomic mass is 35.5. The monoisotopic (exact) mass is 239 g/mol. The number of aromatic nitrogens is 2. The zero-order chi connectivity index (χ0) is 9.84. The van der Waals surface area contributed by atoms with E-state index in [0.717, 1.165) is 0 Å². The molecule has 1 N–H and O–H groups in total. The van der Waals surface area contributed by atoms with Crippen LogP contribution in [0.3, 0.4) is 0 Å². The average molecular weight is 240 g/mol. The predicted molar refractivity (Wildman–Crippen MR) is 51.4 cm³/mol. The molecule has 1 rings (SSSR count). The molecule has 4 nitrogen and oxygen atoms in total. The zero-order valence-electron chi connectivity index (χ0n) is 6.22. The van der Waals surface area contributed by atoms with Crippen LogP contribution in [0.2, 0.25) is 10.3 Å². The molecule has 1 heterocycles. The summed E-state index contributed by atoms with van der Waals surface area (Å²) >= 11 is 16.4. The summed E-state index contributed by atoms with van der Waals surface area (Å²) in [6, 6.07) is 0. The van der Waals surface area contributed by atoms with E-state index in [1.165, 1.54) is 6.20 Å². The summed E-state index contributed by atoms with van der Waals surface area (Å²) < 4.78 is 0. The van der Waals surface area contributed by atoms with E-state index < -0.39 is 5.91 Å². The van der Waals surface area contributed by atoms with Gasteiger partial charge in [-0.05, 0) is 0 Å². The van der Waals surface area contributed by atoms with Crippen molar-refractivity contribution in [2.75, 3.05) is 11.2 Å². The topological polar surface area (TPSA) is 54.9 Å². The molecule has 0 bridgehead atoms. The number of carbonyl (C=O) groups is 1. The molecule has 0 saturated carbocycles. The Labute approximate surface area is 89.2 Å². The maximum Gasteiger partial charge on any atom is 0.240 e. The molecule has 0 radical (unpaired) electrons. The van der Waals surface area contributed by atoms with E-state index in [-0.39, 0.29) is 22.0 Å². The average Bonchev–Trinajstić information content (AvgIpc) is 2.09. The first kappa shape index (κ1) is 10.5. The van der Waals surface area contributed by atoms with Gasteiger partial charge in [0, 0.05) is 0 Å². The van der Waals surface area contributed by atoms with Gasteiger partial charge in [-0.3, -0.25) is 4.79 Å². The Hall–Kier alpha value is -0.580. The van der Waals surface area contributed by atoms with Gasteiger partial charge in [-0.1, -0.05) is 23.2 Å². The summed E-state index contributed by atoms with van der Waals surface area (Å²) in [4.78, 5) is 18.2. The lowest BCUT2D eigenvalue weighted by molar-refractivity contribution is -0.113. The van der Waals surface area contributed by atoms with Crippen LogP contribution in [0.1, 0.15) is 0 Å². The summed E-state index contributed by atoms with van der Waals surface area (Å²) in [5.74, 6) is -0.419. The Kier molecular flexibility index (Phi) is 3.71. The molecule has 0 aliphatic carbocycles. The Bertz CT molecular complexity index is 331. The lowest BCUT2D eigenvalue weighted by Gasteiger charge is -2.02. The van der Waals surface area contributed by atoms with Gasteiger partial charge in [-0.15, -0.1) is 11.6 Å². The first-order valence-corrected chi connectivity index (χ1v) is 4.46. The SMILES string of the molecule is O=C(CCl)Nc1ncc(Cl)nc1Cl. The number of hydrogen-bond acceptors (Lipinski definition) is 3. The normalized spacial score (nSPS) is 9.77. The summed E-state index contributed by atoms with van der Waals surface area (Å²) in [7, 11) is 0. The number of anilines is 1. The van der Waals surface area contributed by atoms with E-state index in [2.05, 4.69) is 15.3 Å². The van der Waals surface area contributed by atoms with Gasteiger partial charge in [0.2, 0.25) is 5.91 Å². The van der Waals surface area contributed by atoms with Crippen LogP contribution >= 0.6 is 34.8 Å². The largest absolute Gasteiger partial charge is 0.307 e. The van der Waals surface area contributed by atoms with Crippen LogP contribution in [-0.2, 0) is 4.79 Å². The molecular weight excluding hydrogens is 236 g/mol. The minimum Gasteiger partial charge on any atom is -0.307 e. The van der Waals surface area contributed by atoms with Gasteiger partial charge < -0.3 is 5.32 Å². The van der Waals surface area contributed by atoms with Crippen molar-refractivity contribution < 1.29 is 4.79 Å². The van der Waals surface area contributed by atoms with Crippen LogP contribution in [0.4, 0.5) is 5.82 Å². The van der Waals surface area contributed by atoms with Crippen LogP contribution in [0.5, 0.6) is 0 Å². The summed E-state index contributed by atoms with van der Waals surface area (Å²) in [5, 5.41) is 2.55. The van der Waals surface area contributed by atoms with Crippen molar-refractivity contribution in [3.63, 3.8) is 0 Å². The van der Waals surface area contributed by atoms with Gasteiger partial charge >= 0.3 is 0 Å². The Morgan fingerprint density at radius 2 is 2.23 bits per heavy atom. The Balaban J connectivity index is 2.83. The van der Waals surface area contributed by atoms with E-state index in [0.29, 0.717) is 0 Å². The highest BCUT2D eigenvalue weighted by Gasteiger charge is 2.07. The molecule has 1 aromatic heterocycles. The van der Waals surface area contributed by atoms with Crippen LogP contribution in [-0.4, -0.2) is 21.8 Å². The summed E-state index contributed by atoms with van der Waals surface area (Å²) in [6.07, 6.45) is 1.28. The third kappa shape index (κ3) is 2.99. The second-order valence-electron chi connectivity index (χ2n) is 2.01. The minimum atomic E-state index is -0.403. The van der Waals surface area contributed by atoms with E-state index in [1.54, 1.807) is 0 Å². The quantitative estimate of drug-likeness (QED) is 0.804. The molecule has 0 fully saturated rings. The van der Waals surface area contributed by atoms with Crippen LogP contribution < -0.4 is 5.32 Å². The fourth-order valence-electron chi connectivity index (χ4n) is 0.596. The molecule has 1 amide bonds. The number of alkyl halides is 1. The molecule has 0 unspecified atom stereocenters. The molecule has 0 aliphatic rings. The molecule has 0 spiro atoms. The van der Waals surface area contributed by atoms with Crippen molar-refractivity contribution in [2.45, 2.75) is 0 Å². The van der Waals surface area contributed by atoms with Gasteiger partial charge in [0.1, 0.15) is 11.0 Å². The van der Waals surface area contributed by atoms with Crippen molar-refractivity contribution >= 4 is 46.5 Å². The van der Waals surface area contributed by atoms with Crippen molar-refractivity contribution in [3.05, 3.63) is 16.5 Å². The van der Waals surface area contributed by atoms with E-state index in [4.69, 9.17) is 34.8 Å². The van der Waals surface area contributed by atoms with E-state index in [9.17, 15) is 4.79 Å². The first-order valence-electron chi connectivity index (χ1n) is 3.17. The van der Waals surface area contributed by atoms with Crippen molar-refractivity contribution in [3.8, 4) is 0 Å². The second kappa shape index (κ2) is 4.60. The molecule has 0 atom stereocenters. The molecule has 0 aliphatic heterocycles. The Morgan fingerprint density at radius 1 is 1.54 bits per heavy atom. The number of amides is 1. The van der Waals surface area contributed by atoms with E-state index in [1.807, 2.05) is 0 Å². The second-order valence-corrected chi connectivity index (χ2v) is 3.03. The molecule has 13 heavy (non-hydrogen) atoms. The molecule has 70 valence electrons. The maximum absolute atomic E-state index is 10.8. The number of nitrogens with zero attached hydrogens (tertiary/aromatic N) is 2. The maximum atomic E-state index is 10.8.